The maximum atomic E-state index is 12.0. The number of ether oxygens (including phenoxy) is 1. The van der Waals surface area contributed by atoms with Crippen LogP contribution in [-0.4, -0.2) is 55.7 Å². The van der Waals surface area contributed by atoms with Crippen LogP contribution in [-0.2, 0) is 6.42 Å². The van der Waals surface area contributed by atoms with Gasteiger partial charge in [0.15, 0.2) is 0 Å². The topological polar surface area (TPSA) is 57.2 Å². The number of aliphatic imine (C=N–C) groups is 1. The average molecular weight is 332 g/mol. The number of fused-ring (bicyclic) bond motifs is 1. The third-order valence-electron chi connectivity index (χ3n) is 3.74. The number of hydrogen-bond acceptors (Lipinski definition) is 5. The predicted octanol–water partition coefficient (Wildman–Crippen LogP) is 2.43. The van der Waals surface area contributed by atoms with Crippen LogP contribution in [0.1, 0.15) is 5.56 Å². The maximum absolute atomic E-state index is 12.0. The number of thioether (sulfide) groups is 1. The van der Waals surface area contributed by atoms with Gasteiger partial charge in [-0.3, -0.25) is 9.89 Å². The first-order valence-electron chi connectivity index (χ1n) is 7.41. The number of benzene rings is 1. The highest BCUT2D eigenvalue weighted by Crippen LogP contribution is 2.41. The summed E-state index contributed by atoms with van der Waals surface area (Å²) in [5.41, 5.74) is 2.95. The van der Waals surface area contributed by atoms with Crippen molar-refractivity contribution in [3.8, 4) is 5.75 Å². The lowest BCUT2D eigenvalue weighted by Gasteiger charge is -2.18. The molecule has 0 aliphatic carbocycles. The molecule has 6 nitrogen and oxygen atoms in total. The highest BCUT2D eigenvalue weighted by atomic mass is 32.2. The van der Waals surface area contributed by atoms with Crippen molar-refractivity contribution in [1.82, 2.24) is 15.1 Å². The van der Waals surface area contributed by atoms with Crippen LogP contribution in [0.3, 0.4) is 0 Å². The summed E-state index contributed by atoms with van der Waals surface area (Å²) in [6, 6.07) is 3.89. The Morgan fingerprint density at radius 2 is 2.35 bits per heavy atom. The number of carbonyl (C=O) groups is 1. The first-order valence-corrected chi connectivity index (χ1v) is 8.39. The van der Waals surface area contributed by atoms with Gasteiger partial charge in [0.1, 0.15) is 5.75 Å². The first kappa shape index (κ1) is 15.7. The fraction of sp³-hybridized carbons (Fsp3) is 0.375. The molecule has 23 heavy (non-hydrogen) atoms. The lowest BCUT2D eigenvalue weighted by molar-refractivity contribution is 0.228. The van der Waals surface area contributed by atoms with Crippen LogP contribution in [0, 0.1) is 0 Å². The summed E-state index contributed by atoms with van der Waals surface area (Å²) >= 11 is 1.59. The Hall–Kier alpha value is -2.15. The summed E-state index contributed by atoms with van der Waals surface area (Å²) in [7, 11) is 3.89. The summed E-state index contributed by atoms with van der Waals surface area (Å²) in [5, 5.41) is 2.85. The van der Waals surface area contributed by atoms with Crippen molar-refractivity contribution < 1.29 is 9.53 Å². The van der Waals surface area contributed by atoms with Gasteiger partial charge in [-0.05, 0) is 18.9 Å². The minimum atomic E-state index is -0.0665. The van der Waals surface area contributed by atoms with Crippen LogP contribution in [0.5, 0.6) is 5.75 Å². The molecule has 2 heterocycles. The second-order valence-corrected chi connectivity index (χ2v) is 6.58. The van der Waals surface area contributed by atoms with E-state index in [1.165, 1.54) is 0 Å². The van der Waals surface area contributed by atoms with Crippen molar-refractivity contribution in [2.24, 2.45) is 4.99 Å². The molecule has 0 spiro atoms. The zero-order valence-electron chi connectivity index (χ0n) is 13.3. The highest BCUT2D eigenvalue weighted by Gasteiger charge is 2.26. The molecular weight excluding hydrogens is 312 g/mol. The molecule has 7 heteroatoms. The number of carbonyl (C=O) groups excluding carboxylic acids is 1. The fourth-order valence-electron chi connectivity index (χ4n) is 2.70. The number of nitrogens with zero attached hydrogens (tertiary/aromatic N) is 3. The van der Waals surface area contributed by atoms with E-state index in [4.69, 9.17) is 4.74 Å². The fourth-order valence-corrected chi connectivity index (χ4v) is 3.74. The molecule has 0 saturated carbocycles. The third kappa shape index (κ3) is 3.14. The van der Waals surface area contributed by atoms with Gasteiger partial charge in [-0.1, -0.05) is 0 Å². The Morgan fingerprint density at radius 3 is 3.09 bits per heavy atom. The molecule has 122 valence electrons. The molecule has 0 aromatic heterocycles. The molecule has 1 saturated heterocycles. The van der Waals surface area contributed by atoms with E-state index < -0.39 is 0 Å². The van der Waals surface area contributed by atoms with E-state index in [1.54, 1.807) is 16.7 Å². The maximum Gasteiger partial charge on any atom is 0.322 e. The molecule has 0 bridgehead atoms. The smallest absolute Gasteiger partial charge is 0.322 e. The summed E-state index contributed by atoms with van der Waals surface area (Å²) in [6.45, 7) is 4.94. The van der Waals surface area contributed by atoms with Gasteiger partial charge in [0.05, 0.1) is 30.4 Å². The average Bonchev–Trinajstić information content (AvgIpc) is 3.11. The zero-order chi connectivity index (χ0) is 16.4. The Balaban J connectivity index is 1.78. The minimum absolute atomic E-state index is 0.0665. The minimum Gasteiger partial charge on any atom is -0.493 e. The van der Waals surface area contributed by atoms with Crippen molar-refractivity contribution in [3.05, 3.63) is 29.6 Å². The van der Waals surface area contributed by atoms with Crippen LogP contribution >= 0.6 is 11.8 Å². The van der Waals surface area contributed by atoms with Gasteiger partial charge in [0, 0.05) is 37.2 Å². The Kier molecular flexibility index (Phi) is 4.47. The SMILES string of the molecule is C=Nc1c(SCN2C(=O)NC/C2=C\N(C)C)ccc2c1CCO2. The van der Waals surface area contributed by atoms with Gasteiger partial charge in [0.25, 0.3) is 0 Å². The molecule has 0 atom stereocenters. The van der Waals surface area contributed by atoms with E-state index in [0.717, 1.165) is 34.0 Å². The number of hydrogen-bond donors (Lipinski definition) is 1. The quantitative estimate of drug-likeness (QED) is 0.665. The molecule has 0 radical (unpaired) electrons. The molecule has 1 N–H and O–H groups in total. The summed E-state index contributed by atoms with van der Waals surface area (Å²) < 4.78 is 5.57. The van der Waals surface area contributed by atoms with Gasteiger partial charge in [-0.25, -0.2) is 4.79 Å². The van der Waals surface area contributed by atoms with E-state index in [9.17, 15) is 4.79 Å². The van der Waals surface area contributed by atoms with Crippen LogP contribution in [0.2, 0.25) is 0 Å². The number of amides is 2. The summed E-state index contributed by atoms with van der Waals surface area (Å²) in [5.74, 6) is 1.43. The van der Waals surface area contributed by atoms with E-state index in [-0.39, 0.29) is 6.03 Å². The summed E-state index contributed by atoms with van der Waals surface area (Å²) in [6.07, 6.45) is 2.82. The second-order valence-electron chi connectivity index (χ2n) is 5.59. The molecule has 2 aliphatic heterocycles. The van der Waals surface area contributed by atoms with Crippen molar-refractivity contribution in [1.29, 1.82) is 0 Å². The molecule has 3 rings (SSSR count). The zero-order valence-corrected chi connectivity index (χ0v) is 14.2. The second kappa shape index (κ2) is 6.54. The molecule has 2 amide bonds. The molecule has 1 aromatic carbocycles. The number of rotatable bonds is 5. The Labute approximate surface area is 140 Å². The lowest BCUT2D eigenvalue weighted by atomic mass is 10.1. The van der Waals surface area contributed by atoms with Crippen molar-refractivity contribution in [2.45, 2.75) is 11.3 Å². The first-order chi connectivity index (χ1) is 11.1. The van der Waals surface area contributed by atoms with E-state index >= 15 is 0 Å². The molecule has 2 aliphatic rings. The van der Waals surface area contributed by atoms with Crippen LogP contribution in [0.4, 0.5) is 10.5 Å². The third-order valence-corrected chi connectivity index (χ3v) is 4.77. The van der Waals surface area contributed by atoms with Crippen molar-refractivity contribution >= 4 is 30.2 Å². The van der Waals surface area contributed by atoms with Gasteiger partial charge in [0.2, 0.25) is 0 Å². The number of urea groups is 1. The van der Waals surface area contributed by atoms with Crippen LogP contribution in [0.25, 0.3) is 0 Å². The van der Waals surface area contributed by atoms with Gasteiger partial charge >= 0.3 is 6.03 Å². The van der Waals surface area contributed by atoms with Crippen LogP contribution < -0.4 is 10.1 Å². The van der Waals surface area contributed by atoms with Gasteiger partial charge < -0.3 is 15.0 Å². The van der Waals surface area contributed by atoms with Gasteiger partial charge in [-0.2, -0.15) is 0 Å². The molecule has 0 unspecified atom stereocenters. The van der Waals surface area contributed by atoms with Crippen molar-refractivity contribution in [3.63, 3.8) is 0 Å². The Morgan fingerprint density at radius 1 is 1.52 bits per heavy atom. The highest BCUT2D eigenvalue weighted by molar-refractivity contribution is 7.99. The normalized spacial score (nSPS) is 17.9. The van der Waals surface area contributed by atoms with E-state index in [2.05, 4.69) is 17.0 Å². The molecular formula is C16H20N4O2S. The Bertz CT molecular complexity index is 672. The van der Waals surface area contributed by atoms with Gasteiger partial charge in [-0.15, -0.1) is 11.8 Å². The summed E-state index contributed by atoms with van der Waals surface area (Å²) in [4.78, 5) is 20.9. The largest absolute Gasteiger partial charge is 0.493 e. The molecule has 1 aromatic rings. The monoisotopic (exact) mass is 332 g/mol. The van der Waals surface area contributed by atoms with Crippen LogP contribution in [0.15, 0.2) is 33.9 Å². The van der Waals surface area contributed by atoms with E-state index in [0.29, 0.717) is 19.0 Å². The lowest BCUT2D eigenvalue weighted by Crippen LogP contribution is -2.27. The standard InChI is InChI=1S/C16H20N4O2S/c1-17-15-12-6-7-22-13(12)4-5-14(15)23-10-20-11(9-19(2)3)8-18-16(20)21/h4-5,9H,1,6-8,10H2,2-3H3,(H,18,21)/b11-9+. The molecule has 1 fully saturated rings. The number of nitrogens with one attached hydrogen (secondary N) is 1. The van der Waals surface area contributed by atoms with Crippen molar-refractivity contribution in [2.75, 3.05) is 33.1 Å². The van der Waals surface area contributed by atoms with E-state index in [1.807, 2.05) is 37.3 Å². The predicted molar refractivity (Wildman–Crippen MR) is 92.6 cm³/mol.